The van der Waals surface area contributed by atoms with Gasteiger partial charge in [-0.15, -0.1) is 0 Å². The number of aromatic nitrogens is 2. The Morgan fingerprint density at radius 1 is 1.33 bits per heavy atom. The molecule has 0 saturated carbocycles. The van der Waals surface area contributed by atoms with Crippen LogP contribution in [0.25, 0.3) is 0 Å². The molecule has 1 aromatic carbocycles. The Hall–Kier alpha value is -2.45. The number of piperidine rings is 1. The first-order chi connectivity index (χ1) is 16.0. The first kappa shape index (κ1) is 23.7. The molecule has 7 nitrogen and oxygen atoms in total. The molecule has 33 heavy (non-hydrogen) atoms. The number of aryl methyl sites for hydroxylation is 1. The minimum Gasteiger partial charge on any atom is -0.493 e. The molecule has 180 valence electrons. The maximum atomic E-state index is 13.5. The Balaban J connectivity index is 1.38. The molecule has 3 atom stereocenters. The van der Waals surface area contributed by atoms with Crippen molar-refractivity contribution in [3.05, 3.63) is 48.3 Å². The summed E-state index contributed by atoms with van der Waals surface area (Å²) >= 11 is 0. The van der Waals surface area contributed by atoms with E-state index in [0.29, 0.717) is 38.0 Å². The van der Waals surface area contributed by atoms with Crippen LogP contribution in [0.2, 0.25) is 0 Å². The van der Waals surface area contributed by atoms with Gasteiger partial charge in [0.25, 0.3) is 0 Å². The number of amides is 1. The van der Waals surface area contributed by atoms with Crippen molar-refractivity contribution in [1.29, 1.82) is 0 Å². The number of benzene rings is 1. The molecular weight excluding hydrogens is 421 g/mol. The van der Waals surface area contributed by atoms with Crippen LogP contribution < -0.4 is 10.1 Å². The maximum absolute atomic E-state index is 13.5. The van der Waals surface area contributed by atoms with Crippen LogP contribution in [-0.2, 0) is 18.4 Å². The first-order valence-electron chi connectivity index (χ1n) is 12.1. The summed E-state index contributed by atoms with van der Waals surface area (Å²) in [6, 6.07) is 6.67. The van der Waals surface area contributed by atoms with Gasteiger partial charge in [0.15, 0.2) is 0 Å². The lowest BCUT2D eigenvalue weighted by Crippen LogP contribution is -2.49. The average molecular weight is 458 g/mol. The monoisotopic (exact) mass is 457 g/mol. The van der Waals surface area contributed by atoms with E-state index in [9.17, 15) is 9.18 Å². The van der Waals surface area contributed by atoms with Gasteiger partial charge in [0.05, 0.1) is 19.1 Å². The molecular formula is C25H36FN5O2. The fourth-order valence-electron chi connectivity index (χ4n) is 5.17. The predicted octanol–water partition coefficient (Wildman–Crippen LogP) is 2.68. The number of hydrogen-bond donors (Lipinski definition) is 1. The molecule has 2 aliphatic rings. The van der Waals surface area contributed by atoms with E-state index in [1.807, 2.05) is 17.8 Å². The summed E-state index contributed by atoms with van der Waals surface area (Å²) in [4.78, 5) is 22.4. The Bertz CT molecular complexity index is 920. The van der Waals surface area contributed by atoms with Crippen LogP contribution in [-0.4, -0.2) is 70.6 Å². The number of carbonyl (C=O) groups is 1. The molecule has 8 heteroatoms. The van der Waals surface area contributed by atoms with E-state index in [2.05, 4.69) is 27.0 Å². The van der Waals surface area contributed by atoms with Gasteiger partial charge in [0.2, 0.25) is 5.91 Å². The van der Waals surface area contributed by atoms with Crippen LogP contribution in [0.4, 0.5) is 4.39 Å². The summed E-state index contributed by atoms with van der Waals surface area (Å²) in [6.45, 7) is 7.72. The number of carbonyl (C=O) groups excluding carboxylic acids is 1. The summed E-state index contributed by atoms with van der Waals surface area (Å²) in [5, 5.41) is 3.23. The molecule has 1 N–H and O–H groups in total. The maximum Gasteiger partial charge on any atom is 0.224 e. The summed E-state index contributed by atoms with van der Waals surface area (Å²) in [5.41, 5.74) is 0. The summed E-state index contributed by atoms with van der Waals surface area (Å²) in [5.74, 6) is 1.40. The number of likely N-dealkylation sites (N-methyl/N-ethyl adjacent to an activating group) is 1. The topological polar surface area (TPSA) is 62.6 Å². The largest absolute Gasteiger partial charge is 0.493 e. The van der Waals surface area contributed by atoms with Crippen molar-refractivity contribution in [2.75, 3.05) is 39.3 Å². The van der Waals surface area contributed by atoms with E-state index < -0.39 is 0 Å². The Morgan fingerprint density at radius 2 is 2.21 bits per heavy atom. The van der Waals surface area contributed by atoms with Crippen molar-refractivity contribution in [1.82, 2.24) is 24.7 Å². The van der Waals surface area contributed by atoms with Gasteiger partial charge in [-0.1, -0.05) is 13.0 Å². The molecule has 1 amide bonds. The van der Waals surface area contributed by atoms with Crippen LogP contribution in [0.5, 0.6) is 5.75 Å². The molecule has 0 aliphatic carbocycles. The minimum atomic E-state index is -0.308. The zero-order valence-electron chi connectivity index (χ0n) is 19.8. The number of nitrogens with zero attached hydrogens (tertiary/aromatic N) is 4. The molecule has 2 fully saturated rings. The van der Waals surface area contributed by atoms with Crippen LogP contribution >= 0.6 is 0 Å². The van der Waals surface area contributed by atoms with Crippen LogP contribution in [0, 0.1) is 17.7 Å². The standard InChI is InChI=1S/C25H36FN5O2/c1-3-31-10-5-7-22(31)14-28-25(32)20-12-19(18-33-23-8-4-6-21(26)13-23)15-30(16-20)17-24-27-9-11-29(24)2/h4,6,8-9,11,13,19-20,22H,3,5,7,10,12,14-18H2,1-2H3,(H,28,32)/t19-,20+,22?/m0/s1. The fourth-order valence-corrected chi connectivity index (χ4v) is 5.17. The van der Waals surface area contributed by atoms with Gasteiger partial charge in [-0.05, 0) is 44.5 Å². The number of hydrogen-bond acceptors (Lipinski definition) is 5. The third-order valence-electron chi connectivity index (χ3n) is 6.97. The number of rotatable bonds is 9. The molecule has 0 spiro atoms. The predicted molar refractivity (Wildman–Crippen MR) is 125 cm³/mol. The highest BCUT2D eigenvalue weighted by Gasteiger charge is 2.33. The van der Waals surface area contributed by atoms with Gasteiger partial charge < -0.3 is 14.6 Å². The second-order valence-electron chi connectivity index (χ2n) is 9.39. The summed E-state index contributed by atoms with van der Waals surface area (Å²) in [7, 11) is 1.99. The first-order valence-corrected chi connectivity index (χ1v) is 12.1. The Labute approximate surface area is 195 Å². The molecule has 1 aromatic heterocycles. The van der Waals surface area contributed by atoms with Gasteiger partial charge in [-0.3, -0.25) is 14.6 Å². The summed E-state index contributed by atoms with van der Waals surface area (Å²) < 4.78 is 21.4. The second kappa shape index (κ2) is 11.1. The van der Waals surface area contributed by atoms with Crippen LogP contribution in [0.1, 0.15) is 32.0 Å². The van der Waals surface area contributed by atoms with E-state index in [1.165, 1.54) is 18.6 Å². The number of nitrogens with one attached hydrogen (secondary N) is 1. The fraction of sp³-hybridized carbons (Fsp3) is 0.600. The van der Waals surface area contributed by atoms with E-state index in [0.717, 1.165) is 38.3 Å². The SMILES string of the molecule is CCN1CCCC1CNC(=O)[C@@H]1C[C@H](COc2cccc(F)c2)CN(Cc2nccn2C)C1. The van der Waals surface area contributed by atoms with E-state index in [1.54, 1.807) is 18.3 Å². The average Bonchev–Trinajstić information content (AvgIpc) is 3.44. The van der Waals surface area contributed by atoms with Crippen molar-refractivity contribution in [2.24, 2.45) is 18.9 Å². The normalized spacial score (nSPS) is 24.2. The van der Waals surface area contributed by atoms with Crippen LogP contribution in [0.3, 0.4) is 0 Å². The summed E-state index contributed by atoms with van der Waals surface area (Å²) in [6.07, 6.45) is 6.85. The number of ether oxygens (including phenoxy) is 1. The van der Waals surface area contributed by atoms with Crippen molar-refractivity contribution < 1.29 is 13.9 Å². The molecule has 2 aliphatic heterocycles. The zero-order chi connectivity index (χ0) is 23.2. The molecule has 1 unspecified atom stereocenters. The highest BCUT2D eigenvalue weighted by atomic mass is 19.1. The molecule has 2 aromatic rings. The van der Waals surface area contributed by atoms with Crippen molar-refractivity contribution >= 4 is 5.91 Å². The molecule has 2 saturated heterocycles. The number of imidazole rings is 1. The van der Waals surface area contributed by atoms with Crippen molar-refractivity contribution in [3.8, 4) is 5.75 Å². The second-order valence-corrected chi connectivity index (χ2v) is 9.39. The Morgan fingerprint density at radius 3 is 2.97 bits per heavy atom. The third-order valence-corrected chi connectivity index (χ3v) is 6.97. The van der Waals surface area contributed by atoms with Gasteiger partial charge in [0.1, 0.15) is 17.4 Å². The molecule has 4 rings (SSSR count). The van der Waals surface area contributed by atoms with Crippen LogP contribution in [0.15, 0.2) is 36.7 Å². The Kier molecular flexibility index (Phi) is 7.98. The minimum absolute atomic E-state index is 0.100. The quantitative estimate of drug-likeness (QED) is 0.627. The van der Waals surface area contributed by atoms with Gasteiger partial charge in [-0.2, -0.15) is 0 Å². The van der Waals surface area contributed by atoms with Crippen molar-refractivity contribution in [2.45, 2.75) is 38.8 Å². The lowest BCUT2D eigenvalue weighted by Gasteiger charge is -2.37. The zero-order valence-corrected chi connectivity index (χ0v) is 19.8. The van der Waals surface area contributed by atoms with Gasteiger partial charge in [-0.25, -0.2) is 9.37 Å². The lowest BCUT2D eigenvalue weighted by atomic mass is 9.88. The lowest BCUT2D eigenvalue weighted by molar-refractivity contribution is -0.128. The number of likely N-dealkylation sites (tertiary alicyclic amines) is 2. The highest BCUT2D eigenvalue weighted by Crippen LogP contribution is 2.25. The van der Waals surface area contributed by atoms with E-state index in [-0.39, 0.29) is 23.6 Å². The number of halogens is 1. The smallest absolute Gasteiger partial charge is 0.224 e. The third kappa shape index (κ3) is 6.32. The molecule has 0 bridgehead atoms. The highest BCUT2D eigenvalue weighted by molar-refractivity contribution is 5.79. The van der Waals surface area contributed by atoms with Crippen molar-refractivity contribution in [3.63, 3.8) is 0 Å². The van der Waals surface area contributed by atoms with E-state index >= 15 is 0 Å². The van der Waals surface area contributed by atoms with E-state index in [4.69, 9.17) is 4.74 Å². The van der Waals surface area contributed by atoms with Gasteiger partial charge >= 0.3 is 0 Å². The molecule has 3 heterocycles. The molecule has 0 radical (unpaired) electrons. The van der Waals surface area contributed by atoms with Gasteiger partial charge in [0, 0.05) is 57.1 Å².